The van der Waals surface area contributed by atoms with Gasteiger partial charge >= 0.3 is 0 Å². The molecule has 14 heavy (non-hydrogen) atoms. The van der Waals surface area contributed by atoms with Gasteiger partial charge in [-0.05, 0) is 29.1 Å². The zero-order valence-electron chi connectivity index (χ0n) is 8.49. The van der Waals surface area contributed by atoms with Gasteiger partial charge in [0, 0.05) is 0 Å². The van der Waals surface area contributed by atoms with E-state index in [4.69, 9.17) is 0 Å². The molecule has 0 saturated carbocycles. The highest BCUT2D eigenvalue weighted by atomic mass is 28.4. The van der Waals surface area contributed by atoms with E-state index in [1.54, 1.807) is 0 Å². The predicted molar refractivity (Wildman–Crippen MR) is 63.3 cm³/mol. The minimum Gasteiger partial charge on any atom is -0.428 e. The Morgan fingerprint density at radius 2 is 1.57 bits per heavy atom. The molecule has 0 aliphatic carbocycles. The third-order valence-electron chi connectivity index (χ3n) is 2.45. The molecule has 0 bridgehead atoms. The third kappa shape index (κ3) is 1.58. The van der Waals surface area contributed by atoms with Gasteiger partial charge in [0.1, 0.15) is 0 Å². The van der Waals surface area contributed by atoms with E-state index in [2.05, 4.69) is 18.2 Å². The van der Waals surface area contributed by atoms with E-state index in [-0.39, 0.29) is 0 Å². The summed E-state index contributed by atoms with van der Waals surface area (Å²) in [6.07, 6.45) is 0. The Kier molecular flexibility index (Phi) is 2.17. The number of benzene rings is 2. The summed E-state index contributed by atoms with van der Waals surface area (Å²) < 4.78 is 0. The van der Waals surface area contributed by atoms with E-state index in [0.29, 0.717) is 0 Å². The molecule has 0 radical (unpaired) electrons. The van der Waals surface area contributed by atoms with Crippen LogP contribution in [0.2, 0.25) is 13.1 Å². The molecule has 72 valence electrons. The van der Waals surface area contributed by atoms with Crippen LogP contribution in [0.15, 0.2) is 42.5 Å². The van der Waals surface area contributed by atoms with Crippen LogP contribution in [0, 0.1) is 0 Å². The molecule has 0 heterocycles. The Morgan fingerprint density at radius 3 is 2.29 bits per heavy atom. The van der Waals surface area contributed by atoms with Gasteiger partial charge in [-0.15, -0.1) is 0 Å². The van der Waals surface area contributed by atoms with Crippen molar-refractivity contribution in [2.45, 2.75) is 13.1 Å². The van der Waals surface area contributed by atoms with Gasteiger partial charge in [0.15, 0.2) is 0 Å². The Hall–Kier alpha value is -1.12. The van der Waals surface area contributed by atoms with Gasteiger partial charge in [0.2, 0.25) is 8.32 Å². The summed E-state index contributed by atoms with van der Waals surface area (Å²) in [6.45, 7) is 3.91. The van der Waals surface area contributed by atoms with Crippen LogP contribution in [0.4, 0.5) is 0 Å². The summed E-state index contributed by atoms with van der Waals surface area (Å²) in [7, 11) is -2.20. The van der Waals surface area contributed by atoms with Crippen LogP contribution in [0.1, 0.15) is 0 Å². The first-order chi connectivity index (χ1) is 6.59. The first-order valence-electron chi connectivity index (χ1n) is 4.79. The Balaban J connectivity index is 2.78. The van der Waals surface area contributed by atoms with Crippen molar-refractivity contribution < 1.29 is 4.80 Å². The van der Waals surface area contributed by atoms with Crippen LogP contribution in [0.5, 0.6) is 0 Å². The molecule has 0 fully saturated rings. The lowest BCUT2D eigenvalue weighted by molar-refractivity contribution is 0.569. The number of rotatable bonds is 1. The zero-order chi connectivity index (χ0) is 10.2. The largest absolute Gasteiger partial charge is 0.428 e. The monoisotopic (exact) mass is 202 g/mol. The first kappa shape index (κ1) is 9.43. The van der Waals surface area contributed by atoms with Gasteiger partial charge in [-0.2, -0.15) is 0 Å². The van der Waals surface area contributed by atoms with E-state index < -0.39 is 8.32 Å². The fraction of sp³-hybridized carbons (Fsp3) is 0.167. The summed E-state index contributed by atoms with van der Waals surface area (Å²) in [5.41, 5.74) is 0. The van der Waals surface area contributed by atoms with E-state index in [9.17, 15) is 4.80 Å². The molecule has 0 unspecified atom stereocenters. The van der Waals surface area contributed by atoms with Gasteiger partial charge in [-0.3, -0.25) is 0 Å². The highest BCUT2D eigenvalue weighted by Crippen LogP contribution is 2.13. The molecule has 2 aromatic rings. The minimum absolute atomic E-state index is 1.12. The lowest BCUT2D eigenvalue weighted by Gasteiger charge is -2.16. The maximum atomic E-state index is 10.1. The fourth-order valence-corrected chi connectivity index (χ4v) is 3.15. The highest BCUT2D eigenvalue weighted by Gasteiger charge is 2.21. The van der Waals surface area contributed by atoms with Crippen molar-refractivity contribution in [2.24, 2.45) is 0 Å². The molecular weight excluding hydrogens is 188 g/mol. The summed E-state index contributed by atoms with van der Waals surface area (Å²) in [4.78, 5) is 10.1. The molecule has 0 aliphatic rings. The predicted octanol–water partition coefficient (Wildman–Crippen LogP) is 2.24. The average molecular weight is 202 g/mol. The third-order valence-corrected chi connectivity index (χ3v) is 4.20. The van der Waals surface area contributed by atoms with E-state index in [1.165, 1.54) is 10.8 Å². The van der Waals surface area contributed by atoms with Crippen molar-refractivity contribution in [2.75, 3.05) is 0 Å². The van der Waals surface area contributed by atoms with Crippen LogP contribution in [-0.2, 0) is 0 Å². The van der Waals surface area contributed by atoms with Gasteiger partial charge in [0.25, 0.3) is 0 Å². The zero-order valence-corrected chi connectivity index (χ0v) is 9.49. The van der Waals surface area contributed by atoms with Crippen molar-refractivity contribution in [3.63, 3.8) is 0 Å². The summed E-state index contributed by atoms with van der Waals surface area (Å²) in [5, 5.41) is 3.52. The first-order valence-corrected chi connectivity index (χ1v) is 7.74. The number of hydrogen-bond acceptors (Lipinski definition) is 1. The Bertz CT molecular complexity index is 452. The van der Waals surface area contributed by atoms with Crippen LogP contribution in [0.3, 0.4) is 0 Å². The molecule has 0 atom stereocenters. The van der Waals surface area contributed by atoms with Gasteiger partial charge < -0.3 is 4.80 Å². The Labute approximate surface area is 85.1 Å². The molecule has 0 aliphatic heterocycles. The second kappa shape index (κ2) is 3.22. The van der Waals surface area contributed by atoms with Crippen molar-refractivity contribution in [3.05, 3.63) is 42.5 Å². The van der Waals surface area contributed by atoms with E-state index in [1.807, 2.05) is 37.4 Å². The van der Waals surface area contributed by atoms with Crippen LogP contribution in [0.25, 0.3) is 10.8 Å². The van der Waals surface area contributed by atoms with Crippen molar-refractivity contribution in [1.29, 1.82) is 0 Å². The van der Waals surface area contributed by atoms with Crippen LogP contribution >= 0.6 is 0 Å². The smallest absolute Gasteiger partial charge is 0.214 e. The SMILES string of the molecule is C[Si](C)(O)c1cccc2ccccc12. The molecular formula is C12H14OSi. The van der Waals surface area contributed by atoms with Crippen LogP contribution < -0.4 is 5.19 Å². The average Bonchev–Trinajstić information content (AvgIpc) is 2.15. The summed E-state index contributed by atoms with van der Waals surface area (Å²) >= 11 is 0. The van der Waals surface area contributed by atoms with Crippen LogP contribution in [-0.4, -0.2) is 13.1 Å². The standard InChI is InChI=1S/C12H14OSi/c1-14(2,13)12-9-5-7-10-6-3-4-8-11(10)12/h3-9,13H,1-2H3. The summed E-state index contributed by atoms with van der Waals surface area (Å²) in [6, 6.07) is 14.3. The molecule has 0 saturated heterocycles. The molecule has 1 N–H and O–H groups in total. The maximum absolute atomic E-state index is 10.1. The lowest BCUT2D eigenvalue weighted by Crippen LogP contribution is -2.41. The van der Waals surface area contributed by atoms with Gasteiger partial charge in [0.05, 0.1) is 0 Å². The molecule has 0 amide bonds. The summed E-state index contributed by atoms with van der Waals surface area (Å²) in [5.74, 6) is 0. The van der Waals surface area contributed by atoms with Gasteiger partial charge in [-0.25, -0.2) is 0 Å². The van der Waals surface area contributed by atoms with Crippen molar-refractivity contribution in [1.82, 2.24) is 0 Å². The second-order valence-electron chi connectivity index (χ2n) is 4.09. The molecule has 2 heteroatoms. The normalized spacial score (nSPS) is 11.9. The lowest BCUT2D eigenvalue weighted by atomic mass is 10.1. The van der Waals surface area contributed by atoms with E-state index >= 15 is 0 Å². The Morgan fingerprint density at radius 1 is 0.929 bits per heavy atom. The van der Waals surface area contributed by atoms with Gasteiger partial charge in [-0.1, -0.05) is 42.5 Å². The molecule has 1 nitrogen and oxygen atoms in total. The fourth-order valence-electron chi connectivity index (χ4n) is 1.76. The molecule has 2 aromatic carbocycles. The number of fused-ring (bicyclic) bond motifs is 1. The minimum atomic E-state index is -2.20. The second-order valence-corrected chi connectivity index (χ2v) is 7.74. The molecule has 2 rings (SSSR count). The molecule has 0 aromatic heterocycles. The topological polar surface area (TPSA) is 20.2 Å². The highest BCUT2D eigenvalue weighted by molar-refractivity contribution is 6.85. The molecule has 0 spiro atoms. The maximum Gasteiger partial charge on any atom is 0.214 e. The van der Waals surface area contributed by atoms with Crippen molar-refractivity contribution >= 4 is 24.3 Å². The van der Waals surface area contributed by atoms with E-state index in [0.717, 1.165) is 5.19 Å². The number of hydrogen-bond donors (Lipinski definition) is 1. The quantitative estimate of drug-likeness (QED) is 0.703. The van der Waals surface area contributed by atoms with Crippen molar-refractivity contribution in [3.8, 4) is 0 Å².